The van der Waals surface area contributed by atoms with Crippen molar-refractivity contribution >= 4 is 23.3 Å². The lowest BCUT2D eigenvalue weighted by atomic mass is 10.1. The Morgan fingerprint density at radius 2 is 1.58 bits per heavy atom. The predicted molar refractivity (Wildman–Crippen MR) is 120 cm³/mol. The van der Waals surface area contributed by atoms with Gasteiger partial charge in [-0.2, -0.15) is 0 Å². The number of nitrogens with one attached hydrogen (secondary N) is 1. The van der Waals surface area contributed by atoms with Crippen molar-refractivity contribution in [3.63, 3.8) is 0 Å². The molecule has 158 valence electrons. The van der Waals surface area contributed by atoms with Gasteiger partial charge in [0.2, 0.25) is 0 Å². The number of carbonyl (C=O) groups excluding carboxylic acids is 1. The molecule has 1 fully saturated rings. The van der Waals surface area contributed by atoms with E-state index in [4.69, 9.17) is 4.74 Å². The zero-order valence-corrected chi connectivity index (χ0v) is 17.1. The first-order valence-electron chi connectivity index (χ1n) is 10.4. The molecule has 1 aliphatic rings. The molecule has 6 heteroatoms. The van der Waals surface area contributed by atoms with E-state index in [0.717, 1.165) is 31.6 Å². The maximum Gasteiger partial charge on any atom is 0.337 e. The van der Waals surface area contributed by atoms with Crippen LogP contribution in [0.25, 0.3) is 0 Å². The predicted octanol–water partition coefficient (Wildman–Crippen LogP) is 5.42. The molecule has 6 nitrogen and oxygen atoms in total. The Kier molecular flexibility index (Phi) is 6.17. The Balaban J connectivity index is 1.64. The van der Waals surface area contributed by atoms with E-state index in [1.165, 1.54) is 12.5 Å². The van der Waals surface area contributed by atoms with Gasteiger partial charge in [0.25, 0.3) is 5.91 Å². The van der Waals surface area contributed by atoms with Gasteiger partial charge in [0.15, 0.2) is 5.75 Å². The second-order valence-electron chi connectivity index (χ2n) is 7.45. The molecular weight excluding hydrogens is 392 g/mol. The molecule has 1 heterocycles. The van der Waals surface area contributed by atoms with Crippen molar-refractivity contribution in [3.05, 3.63) is 83.9 Å². The number of hydrogen-bond acceptors (Lipinski definition) is 4. The van der Waals surface area contributed by atoms with Crippen LogP contribution in [0.15, 0.2) is 72.8 Å². The van der Waals surface area contributed by atoms with E-state index in [9.17, 15) is 14.7 Å². The second kappa shape index (κ2) is 9.34. The van der Waals surface area contributed by atoms with Gasteiger partial charge < -0.3 is 20.1 Å². The third-order valence-corrected chi connectivity index (χ3v) is 5.30. The molecule has 3 aromatic rings. The zero-order chi connectivity index (χ0) is 21.6. The van der Waals surface area contributed by atoms with Crippen LogP contribution in [0.5, 0.6) is 11.5 Å². The molecule has 0 radical (unpaired) electrons. The van der Waals surface area contributed by atoms with Crippen molar-refractivity contribution in [2.45, 2.75) is 19.3 Å². The van der Waals surface area contributed by atoms with Crippen LogP contribution in [-0.2, 0) is 0 Å². The Morgan fingerprint density at radius 3 is 2.32 bits per heavy atom. The summed E-state index contributed by atoms with van der Waals surface area (Å²) in [5.74, 6) is -0.192. The summed E-state index contributed by atoms with van der Waals surface area (Å²) in [6.07, 6.45) is 3.47. The van der Waals surface area contributed by atoms with Crippen LogP contribution in [0.2, 0.25) is 0 Å². The average molecular weight is 416 g/mol. The van der Waals surface area contributed by atoms with Crippen LogP contribution in [0.1, 0.15) is 40.0 Å². The minimum Gasteiger partial charge on any atom is -0.478 e. The Morgan fingerprint density at radius 1 is 0.871 bits per heavy atom. The van der Waals surface area contributed by atoms with Crippen molar-refractivity contribution in [1.29, 1.82) is 0 Å². The number of hydrogen-bond donors (Lipinski definition) is 2. The summed E-state index contributed by atoms with van der Waals surface area (Å²) in [6, 6.07) is 21.2. The molecule has 1 amide bonds. The molecule has 0 aromatic heterocycles. The monoisotopic (exact) mass is 416 g/mol. The highest BCUT2D eigenvalue weighted by Crippen LogP contribution is 2.35. The fraction of sp³-hybridized carbons (Fsp3) is 0.200. The molecule has 2 N–H and O–H groups in total. The molecule has 0 unspecified atom stereocenters. The number of anilines is 2. The lowest BCUT2D eigenvalue weighted by Gasteiger charge is -2.30. The number of aromatic carboxylic acids is 1. The number of para-hydroxylation sites is 2. The van der Waals surface area contributed by atoms with Gasteiger partial charge in [-0.3, -0.25) is 4.79 Å². The first-order valence-corrected chi connectivity index (χ1v) is 10.4. The number of piperidine rings is 1. The number of carboxylic acid groups (broad SMARTS) is 1. The maximum absolute atomic E-state index is 12.9. The van der Waals surface area contributed by atoms with Gasteiger partial charge in [-0.25, -0.2) is 4.79 Å². The normalized spacial score (nSPS) is 13.5. The molecule has 4 rings (SSSR count). The van der Waals surface area contributed by atoms with Crippen molar-refractivity contribution in [2.24, 2.45) is 0 Å². The number of carboxylic acids is 1. The van der Waals surface area contributed by atoms with Gasteiger partial charge >= 0.3 is 5.97 Å². The van der Waals surface area contributed by atoms with E-state index in [1.807, 2.05) is 36.4 Å². The molecular formula is C25H24N2O4. The van der Waals surface area contributed by atoms with Crippen LogP contribution < -0.4 is 15.0 Å². The van der Waals surface area contributed by atoms with Crippen molar-refractivity contribution in [1.82, 2.24) is 0 Å². The van der Waals surface area contributed by atoms with Crippen LogP contribution in [0.3, 0.4) is 0 Å². The topological polar surface area (TPSA) is 78.9 Å². The van der Waals surface area contributed by atoms with Gasteiger partial charge in [0.1, 0.15) is 5.75 Å². The molecule has 0 spiro atoms. The van der Waals surface area contributed by atoms with Gasteiger partial charge in [-0.15, -0.1) is 0 Å². The quantitative estimate of drug-likeness (QED) is 0.561. The maximum atomic E-state index is 12.9. The van der Waals surface area contributed by atoms with Crippen molar-refractivity contribution in [2.75, 3.05) is 23.3 Å². The number of benzene rings is 3. The first-order chi connectivity index (χ1) is 15.1. The lowest BCUT2D eigenvalue weighted by molar-refractivity contribution is 0.0698. The SMILES string of the molecule is O=C(Nc1ccccc1C(=O)O)c1ccc(N2CCCCC2)c(Oc2ccccc2)c1. The standard InChI is InChI=1S/C25H24N2O4/c28-24(26-21-12-6-5-11-20(21)25(29)30)18-13-14-22(27-15-7-2-8-16-27)23(17-18)31-19-9-3-1-4-10-19/h1,3-6,9-14,17H,2,7-8,15-16H2,(H,26,28)(H,29,30). The van der Waals surface area contributed by atoms with Gasteiger partial charge in [-0.05, 0) is 61.7 Å². The summed E-state index contributed by atoms with van der Waals surface area (Å²) >= 11 is 0. The number of nitrogens with zero attached hydrogens (tertiary/aromatic N) is 1. The molecule has 0 bridgehead atoms. The van der Waals surface area contributed by atoms with E-state index < -0.39 is 11.9 Å². The zero-order valence-electron chi connectivity index (χ0n) is 17.1. The average Bonchev–Trinajstić information content (AvgIpc) is 2.80. The Labute approximate surface area is 181 Å². The molecule has 3 aromatic carbocycles. The molecule has 0 saturated carbocycles. The summed E-state index contributed by atoms with van der Waals surface area (Å²) in [6.45, 7) is 1.89. The molecule has 1 aliphatic heterocycles. The van der Waals surface area contributed by atoms with E-state index in [1.54, 1.807) is 30.3 Å². The summed E-state index contributed by atoms with van der Waals surface area (Å²) < 4.78 is 6.15. The Hall–Kier alpha value is -3.80. The smallest absolute Gasteiger partial charge is 0.337 e. The van der Waals surface area contributed by atoms with E-state index in [2.05, 4.69) is 10.2 Å². The molecule has 1 saturated heterocycles. The minimum atomic E-state index is -1.09. The number of amides is 1. The first kappa shape index (κ1) is 20.5. The van der Waals surface area contributed by atoms with Crippen LogP contribution >= 0.6 is 0 Å². The summed E-state index contributed by atoms with van der Waals surface area (Å²) in [4.78, 5) is 26.6. The number of carbonyl (C=O) groups is 2. The number of ether oxygens (including phenoxy) is 1. The minimum absolute atomic E-state index is 0.0431. The van der Waals surface area contributed by atoms with Gasteiger partial charge in [0, 0.05) is 18.7 Å². The highest BCUT2D eigenvalue weighted by Gasteiger charge is 2.19. The van der Waals surface area contributed by atoms with Gasteiger partial charge in [-0.1, -0.05) is 30.3 Å². The summed E-state index contributed by atoms with van der Waals surface area (Å²) in [5, 5.41) is 12.1. The van der Waals surface area contributed by atoms with Crippen molar-refractivity contribution < 1.29 is 19.4 Å². The summed E-state index contributed by atoms with van der Waals surface area (Å²) in [5.41, 5.74) is 1.64. The highest BCUT2D eigenvalue weighted by molar-refractivity contribution is 6.08. The number of rotatable bonds is 6. The third kappa shape index (κ3) is 4.86. The Bertz CT molecular complexity index is 1080. The molecule has 31 heavy (non-hydrogen) atoms. The summed E-state index contributed by atoms with van der Waals surface area (Å²) in [7, 11) is 0. The highest BCUT2D eigenvalue weighted by atomic mass is 16.5. The lowest BCUT2D eigenvalue weighted by Crippen LogP contribution is -2.29. The van der Waals surface area contributed by atoms with E-state index >= 15 is 0 Å². The molecule has 0 aliphatic carbocycles. The van der Waals surface area contributed by atoms with Crippen LogP contribution in [-0.4, -0.2) is 30.1 Å². The van der Waals surface area contributed by atoms with Crippen LogP contribution in [0, 0.1) is 0 Å². The van der Waals surface area contributed by atoms with Gasteiger partial charge in [0.05, 0.1) is 16.9 Å². The van der Waals surface area contributed by atoms with Crippen molar-refractivity contribution in [3.8, 4) is 11.5 Å². The second-order valence-corrected chi connectivity index (χ2v) is 7.45. The van der Waals surface area contributed by atoms with E-state index in [-0.39, 0.29) is 11.3 Å². The molecule has 0 atom stereocenters. The van der Waals surface area contributed by atoms with Crippen LogP contribution in [0.4, 0.5) is 11.4 Å². The fourth-order valence-corrected chi connectivity index (χ4v) is 3.72. The van der Waals surface area contributed by atoms with E-state index in [0.29, 0.717) is 17.1 Å². The fourth-order valence-electron chi connectivity index (χ4n) is 3.72. The third-order valence-electron chi connectivity index (χ3n) is 5.30. The largest absolute Gasteiger partial charge is 0.478 e.